The normalized spacial score (nSPS) is 18.9. The number of benzene rings is 2. The molecule has 2 aromatic carbocycles. The second kappa shape index (κ2) is 10.4. The Morgan fingerprint density at radius 3 is 2.30 bits per heavy atom. The number of hydrogen-bond donors (Lipinski definition) is 0. The summed E-state index contributed by atoms with van der Waals surface area (Å²) in [5.41, 5.74) is -5.37. The number of carbonyl (C=O) groups excluding carboxylic acids is 1. The van der Waals surface area contributed by atoms with Crippen molar-refractivity contribution in [3.05, 3.63) is 69.5 Å². The molecule has 1 aliphatic rings. The number of halogens is 8. The second-order valence-electron chi connectivity index (χ2n) is 8.75. The first-order chi connectivity index (χ1) is 16.9. The first kappa shape index (κ1) is 29.2. The van der Waals surface area contributed by atoms with E-state index in [1.807, 2.05) is 0 Å². The largest absolute Gasteiger partial charge is 0.417 e. The summed E-state index contributed by atoms with van der Waals surface area (Å²) in [6.07, 6.45) is -10.5. The standard InChI is InChI=1S/C23H21ClF7NO4S/c1-37(34,35)36-10-8-21(14-5-6-16(22(26,27)28)17(11-14)23(29,30)31)7-9-32(13-21)20(33)12-15-18(24)3-2-4-19(15)25/h2-6,11H,7-10,12-13H2,1H3/t21-/m1/s1. The van der Waals surface area contributed by atoms with Gasteiger partial charge in [-0.15, -0.1) is 0 Å². The van der Waals surface area contributed by atoms with Gasteiger partial charge in [0.1, 0.15) is 5.82 Å². The number of amides is 1. The van der Waals surface area contributed by atoms with Gasteiger partial charge in [0.2, 0.25) is 5.91 Å². The van der Waals surface area contributed by atoms with Crippen molar-refractivity contribution in [2.75, 3.05) is 26.0 Å². The maximum Gasteiger partial charge on any atom is 0.417 e. The van der Waals surface area contributed by atoms with E-state index in [1.165, 1.54) is 17.0 Å². The van der Waals surface area contributed by atoms with Gasteiger partial charge < -0.3 is 4.90 Å². The summed E-state index contributed by atoms with van der Waals surface area (Å²) < 4.78 is 122. The van der Waals surface area contributed by atoms with Gasteiger partial charge in [0.05, 0.1) is 30.4 Å². The average molecular weight is 576 g/mol. The van der Waals surface area contributed by atoms with E-state index in [2.05, 4.69) is 0 Å². The summed E-state index contributed by atoms with van der Waals surface area (Å²) in [5, 5.41) is -0.00192. The third-order valence-corrected chi connectivity index (χ3v) is 7.17. The molecule has 0 unspecified atom stereocenters. The van der Waals surface area contributed by atoms with Crippen molar-refractivity contribution in [3.8, 4) is 0 Å². The van der Waals surface area contributed by atoms with E-state index in [-0.39, 0.29) is 42.1 Å². The Balaban J connectivity index is 1.98. The van der Waals surface area contributed by atoms with Gasteiger partial charge in [-0.2, -0.15) is 34.8 Å². The van der Waals surface area contributed by atoms with Crippen LogP contribution in [-0.4, -0.2) is 45.2 Å². The predicted molar refractivity (Wildman–Crippen MR) is 120 cm³/mol. The summed E-state index contributed by atoms with van der Waals surface area (Å²) in [6.45, 7) is -0.762. The van der Waals surface area contributed by atoms with Crippen molar-refractivity contribution in [1.29, 1.82) is 0 Å². The van der Waals surface area contributed by atoms with E-state index in [1.54, 1.807) is 0 Å². The van der Waals surface area contributed by atoms with E-state index in [9.17, 15) is 43.9 Å². The number of hydrogen-bond acceptors (Lipinski definition) is 4. The molecule has 1 heterocycles. The number of nitrogens with zero attached hydrogens (tertiary/aromatic N) is 1. The van der Waals surface area contributed by atoms with Crippen molar-refractivity contribution in [2.45, 2.75) is 37.0 Å². The van der Waals surface area contributed by atoms with Crippen LogP contribution in [0.4, 0.5) is 30.7 Å². The Morgan fingerprint density at radius 2 is 1.73 bits per heavy atom. The molecule has 1 aliphatic heterocycles. The van der Waals surface area contributed by atoms with Crippen LogP contribution in [0.25, 0.3) is 0 Å². The van der Waals surface area contributed by atoms with Gasteiger partial charge in [-0.1, -0.05) is 23.7 Å². The average Bonchev–Trinajstić information content (AvgIpc) is 3.19. The molecule has 0 aliphatic carbocycles. The molecular formula is C23H21ClF7NO4S. The molecule has 1 amide bonds. The van der Waals surface area contributed by atoms with E-state index in [0.29, 0.717) is 12.1 Å². The fourth-order valence-corrected chi connectivity index (χ4v) is 4.99. The highest BCUT2D eigenvalue weighted by Gasteiger charge is 2.46. The van der Waals surface area contributed by atoms with E-state index >= 15 is 0 Å². The minimum Gasteiger partial charge on any atom is -0.341 e. The molecular weight excluding hydrogens is 555 g/mol. The molecule has 204 valence electrons. The van der Waals surface area contributed by atoms with Gasteiger partial charge in [-0.3, -0.25) is 8.98 Å². The molecule has 1 fully saturated rings. The topological polar surface area (TPSA) is 63.7 Å². The van der Waals surface area contributed by atoms with Crippen molar-refractivity contribution in [1.82, 2.24) is 4.90 Å². The minimum absolute atomic E-state index is 0.000469. The summed E-state index contributed by atoms with van der Waals surface area (Å²) in [5.74, 6) is -1.34. The molecule has 1 saturated heterocycles. The monoisotopic (exact) mass is 575 g/mol. The molecule has 0 aromatic heterocycles. The molecule has 37 heavy (non-hydrogen) atoms. The number of carbonyl (C=O) groups is 1. The van der Waals surface area contributed by atoms with Gasteiger partial charge in [0.15, 0.2) is 0 Å². The van der Waals surface area contributed by atoms with Gasteiger partial charge in [-0.25, -0.2) is 4.39 Å². The Morgan fingerprint density at radius 1 is 1.08 bits per heavy atom. The maximum absolute atomic E-state index is 14.2. The van der Waals surface area contributed by atoms with E-state index in [4.69, 9.17) is 15.8 Å². The van der Waals surface area contributed by atoms with Crippen LogP contribution in [0.5, 0.6) is 0 Å². The zero-order valence-electron chi connectivity index (χ0n) is 19.2. The highest BCUT2D eigenvalue weighted by atomic mass is 35.5. The van der Waals surface area contributed by atoms with Crippen LogP contribution in [-0.2, 0) is 43.3 Å². The number of likely N-dealkylation sites (tertiary alicyclic amines) is 1. The van der Waals surface area contributed by atoms with Crippen molar-refractivity contribution in [2.24, 2.45) is 0 Å². The third kappa shape index (κ3) is 6.94. The SMILES string of the molecule is CS(=O)(=O)OCC[C@]1(c2ccc(C(F)(F)F)c(C(F)(F)F)c2)CCN(C(=O)Cc2c(F)cccc2Cl)C1. The van der Waals surface area contributed by atoms with E-state index < -0.39 is 63.8 Å². The molecule has 3 rings (SSSR count). The maximum atomic E-state index is 14.2. The fourth-order valence-electron chi connectivity index (χ4n) is 4.38. The van der Waals surface area contributed by atoms with Gasteiger partial charge in [-0.05, 0) is 42.7 Å². The van der Waals surface area contributed by atoms with Crippen LogP contribution in [0, 0.1) is 5.82 Å². The molecule has 0 saturated carbocycles. The lowest BCUT2D eigenvalue weighted by molar-refractivity contribution is -0.162. The molecule has 14 heteroatoms. The molecule has 0 spiro atoms. The summed E-state index contributed by atoms with van der Waals surface area (Å²) in [4.78, 5) is 14.2. The zero-order chi connectivity index (χ0) is 27.8. The molecule has 2 aromatic rings. The predicted octanol–water partition coefficient (Wildman–Crippen LogP) is 5.60. The Hall–Kier alpha value is -2.38. The zero-order valence-corrected chi connectivity index (χ0v) is 20.8. The van der Waals surface area contributed by atoms with Gasteiger partial charge in [0, 0.05) is 29.1 Å². The van der Waals surface area contributed by atoms with Crippen LogP contribution in [0.15, 0.2) is 36.4 Å². The first-order valence-electron chi connectivity index (χ1n) is 10.8. The van der Waals surface area contributed by atoms with Gasteiger partial charge >= 0.3 is 12.4 Å². The Bertz CT molecular complexity index is 1260. The number of alkyl halides is 6. The lowest BCUT2D eigenvalue weighted by Crippen LogP contribution is -2.36. The quantitative estimate of drug-likeness (QED) is 0.319. The number of rotatable bonds is 7. The van der Waals surface area contributed by atoms with Crippen LogP contribution in [0.1, 0.15) is 35.1 Å². The lowest BCUT2D eigenvalue weighted by Gasteiger charge is -2.31. The smallest absolute Gasteiger partial charge is 0.341 e. The third-order valence-electron chi connectivity index (χ3n) is 6.22. The van der Waals surface area contributed by atoms with Crippen molar-refractivity contribution < 1.29 is 48.1 Å². The highest BCUT2D eigenvalue weighted by molar-refractivity contribution is 7.85. The van der Waals surface area contributed by atoms with Gasteiger partial charge in [0.25, 0.3) is 10.1 Å². The van der Waals surface area contributed by atoms with Crippen LogP contribution in [0.2, 0.25) is 5.02 Å². The Labute approximate surface area is 213 Å². The second-order valence-corrected chi connectivity index (χ2v) is 10.8. The minimum atomic E-state index is -5.33. The fraction of sp³-hybridized carbons (Fsp3) is 0.435. The lowest BCUT2D eigenvalue weighted by atomic mass is 9.76. The van der Waals surface area contributed by atoms with E-state index in [0.717, 1.165) is 18.4 Å². The molecule has 0 radical (unpaired) electrons. The van der Waals surface area contributed by atoms with Crippen molar-refractivity contribution in [3.63, 3.8) is 0 Å². The summed E-state index contributed by atoms with van der Waals surface area (Å²) in [7, 11) is -3.93. The van der Waals surface area contributed by atoms with Crippen molar-refractivity contribution >= 4 is 27.6 Å². The Kier molecular flexibility index (Phi) is 8.21. The van der Waals surface area contributed by atoms with Crippen LogP contribution < -0.4 is 0 Å². The summed E-state index contributed by atoms with van der Waals surface area (Å²) in [6, 6.07) is 5.42. The van der Waals surface area contributed by atoms with Crippen LogP contribution in [0.3, 0.4) is 0 Å². The first-order valence-corrected chi connectivity index (χ1v) is 13.0. The summed E-state index contributed by atoms with van der Waals surface area (Å²) >= 11 is 5.97. The molecule has 5 nitrogen and oxygen atoms in total. The highest BCUT2D eigenvalue weighted by Crippen LogP contribution is 2.45. The molecule has 0 bridgehead atoms. The molecule has 1 atom stereocenters. The van der Waals surface area contributed by atoms with Crippen LogP contribution >= 0.6 is 11.6 Å². The molecule has 0 N–H and O–H groups in total.